The fraction of sp³-hybridized carbons (Fsp3) is 0.550. The largest absolute Gasteiger partial charge is 0.384 e. The van der Waals surface area contributed by atoms with E-state index in [9.17, 15) is 4.79 Å². The predicted molar refractivity (Wildman–Crippen MR) is 211 cm³/mol. The number of nitrogens with one attached hydrogen (secondary N) is 4. The molecule has 1 aromatic rings. The summed E-state index contributed by atoms with van der Waals surface area (Å²) in [5, 5.41) is 13.9. The quantitative estimate of drug-likeness (QED) is 0.0992. The van der Waals surface area contributed by atoms with E-state index >= 15 is 0 Å². The maximum absolute atomic E-state index is 10.6. The van der Waals surface area contributed by atoms with Crippen molar-refractivity contribution in [2.75, 3.05) is 69.7 Å². The molecule has 0 spiro atoms. The Labute approximate surface area is 301 Å². The molecular formula is C40H61N9O. The molecule has 4 N–H and O–H groups in total. The van der Waals surface area contributed by atoms with Gasteiger partial charge in [0.05, 0.1) is 24.3 Å². The molecule has 2 aliphatic carbocycles. The molecule has 3 aliphatic rings. The zero-order valence-corrected chi connectivity index (χ0v) is 30.9. The molecule has 0 aromatic carbocycles. The Hall–Kier alpha value is -3.86. The minimum Gasteiger partial charge on any atom is -0.384 e. The summed E-state index contributed by atoms with van der Waals surface area (Å²) in [7, 11) is 1.99. The Morgan fingerprint density at radius 1 is 1.24 bits per heavy atom. The summed E-state index contributed by atoms with van der Waals surface area (Å²) < 4.78 is 0. The van der Waals surface area contributed by atoms with Gasteiger partial charge in [-0.1, -0.05) is 43.7 Å². The molecule has 10 heteroatoms. The van der Waals surface area contributed by atoms with Crippen LogP contribution in [0.25, 0.3) is 0 Å². The first-order chi connectivity index (χ1) is 24.4. The summed E-state index contributed by atoms with van der Waals surface area (Å²) >= 11 is 0. The van der Waals surface area contributed by atoms with Gasteiger partial charge >= 0.3 is 0 Å². The molecule has 0 saturated carbocycles. The normalized spacial score (nSPS) is 20.8. The Morgan fingerprint density at radius 3 is 2.74 bits per heavy atom. The lowest BCUT2D eigenvalue weighted by molar-refractivity contribution is -0.107. The fourth-order valence-corrected chi connectivity index (χ4v) is 6.84. The third kappa shape index (κ3) is 12.8. The topological polar surface area (TPSA) is 109 Å². The average molecular weight is 684 g/mol. The van der Waals surface area contributed by atoms with Crippen LogP contribution in [0.1, 0.15) is 59.3 Å². The molecule has 0 radical (unpaired) electrons. The van der Waals surface area contributed by atoms with Gasteiger partial charge in [-0.25, -0.2) is 4.98 Å². The van der Waals surface area contributed by atoms with E-state index in [-0.39, 0.29) is 12.1 Å². The number of aldehydes is 1. The number of aliphatic imine (C=N–C) groups is 2. The van der Waals surface area contributed by atoms with E-state index in [1.165, 1.54) is 29.7 Å². The highest BCUT2D eigenvalue weighted by molar-refractivity contribution is 6.08. The van der Waals surface area contributed by atoms with E-state index in [2.05, 4.69) is 106 Å². The van der Waals surface area contributed by atoms with Crippen molar-refractivity contribution >= 4 is 30.2 Å². The number of hydrogen-bond acceptors (Lipinski definition) is 10. The lowest BCUT2D eigenvalue weighted by atomic mass is 9.86. The summed E-state index contributed by atoms with van der Waals surface area (Å²) in [6, 6.07) is 4.74. The molecule has 10 nitrogen and oxygen atoms in total. The molecule has 1 fully saturated rings. The molecule has 1 aliphatic heterocycles. The van der Waals surface area contributed by atoms with Gasteiger partial charge in [0.15, 0.2) is 0 Å². The van der Waals surface area contributed by atoms with Crippen molar-refractivity contribution in [2.45, 2.75) is 71.4 Å². The van der Waals surface area contributed by atoms with Crippen LogP contribution in [-0.4, -0.2) is 100 Å². The number of nitrogens with zero attached hydrogens (tertiary/aromatic N) is 5. The first kappa shape index (κ1) is 38.9. The lowest BCUT2D eigenvalue weighted by Gasteiger charge is -2.35. The summed E-state index contributed by atoms with van der Waals surface area (Å²) in [5.74, 6) is 2.25. The minimum atomic E-state index is 0.254. The highest BCUT2D eigenvalue weighted by atomic mass is 16.1. The van der Waals surface area contributed by atoms with Gasteiger partial charge in [0.2, 0.25) is 0 Å². The molecule has 0 bridgehead atoms. The van der Waals surface area contributed by atoms with Crippen molar-refractivity contribution in [1.82, 2.24) is 25.8 Å². The van der Waals surface area contributed by atoms with Crippen molar-refractivity contribution in [3.63, 3.8) is 0 Å². The SMILES string of the molecule is C=N/C=C\C(=NCNC1C=CC(NCCN(CC)CC2CCN(c3ccc(NC(C)CCC=O)cn3)CC2)=CC1)C1=CC=C(CNC)C(C)C1. The monoisotopic (exact) mass is 683 g/mol. The standard InChI is InChI=1S/C40H61N9O/c1-6-48(29-33-18-22-49(23-19-33)40-16-15-38(28-44-40)47-32(3)8-7-25-50)24-21-43-36-11-13-37(14-12-36)45-30-46-39(17-20-41-4)34-9-10-35(27-42-5)31(2)26-34/h9-13,15-17,20,25,28,31-33,37,42-43,45,47H,4,6-8,14,18-19,21-24,26-27,29-30H2,1-3,5H3/b20-17-,46-39?. The number of hydrogen-bond donors (Lipinski definition) is 4. The number of aromatic nitrogens is 1. The van der Waals surface area contributed by atoms with E-state index in [4.69, 9.17) is 9.98 Å². The smallest absolute Gasteiger partial charge is 0.128 e. The van der Waals surface area contributed by atoms with E-state index in [1.807, 2.05) is 19.3 Å². The van der Waals surface area contributed by atoms with E-state index in [0.717, 1.165) is 88.6 Å². The van der Waals surface area contributed by atoms with Crippen molar-refractivity contribution in [3.05, 3.63) is 77.8 Å². The molecule has 0 amide bonds. The van der Waals surface area contributed by atoms with Gasteiger partial charge in [-0.3, -0.25) is 15.3 Å². The van der Waals surface area contributed by atoms with Crippen LogP contribution in [0.2, 0.25) is 0 Å². The highest BCUT2D eigenvalue weighted by Gasteiger charge is 2.22. The zero-order chi connectivity index (χ0) is 35.6. The molecule has 4 rings (SSSR count). The van der Waals surface area contributed by atoms with Crippen LogP contribution in [0.15, 0.2) is 87.8 Å². The Kier molecular flexibility index (Phi) is 16.6. The molecule has 3 unspecified atom stereocenters. The van der Waals surface area contributed by atoms with E-state index in [0.29, 0.717) is 24.9 Å². The Bertz CT molecular complexity index is 1390. The molecule has 3 atom stereocenters. The minimum absolute atomic E-state index is 0.254. The van der Waals surface area contributed by atoms with Crippen LogP contribution in [0, 0.1) is 11.8 Å². The number of likely N-dealkylation sites (N-methyl/N-ethyl adjacent to an activating group) is 2. The second kappa shape index (κ2) is 21.4. The van der Waals surface area contributed by atoms with Gasteiger partial charge < -0.3 is 30.5 Å². The molecule has 2 heterocycles. The zero-order valence-electron chi connectivity index (χ0n) is 30.9. The molecule has 272 valence electrons. The molecule has 1 aromatic heterocycles. The molecular weight excluding hydrogens is 623 g/mol. The number of carbonyl (C=O) groups is 1. The number of pyridine rings is 1. The maximum Gasteiger partial charge on any atom is 0.128 e. The molecule has 1 saturated heterocycles. The highest BCUT2D eigenvalue weighted by Crippen LogP contribution is 2.26. The third-order valence-corrected chi connectivity index (χ3v) is 9.95. The van der Waals surface area contributed by atoms with Crippen molar-refractivity contribution < 1.29 is 4.79 Å². The third-order valence-electron chi connectivity index (χ3n) is 9.95. The number of rotatable bonds is 21. The summed E-state index contributed by atoms with van der Waals surface area (Å²) in [4.78, 5) is 29.2. The van der Waals surface area contributed by atoms with Gasteiger partial charge in [0.1, 0.15) is 12.1 Å². The van der Waals surface area contributed by atoms with Gasteiger partial charge in [-0.2, -0.15) is 0 Å². The Balaban J connectivity index is 1.14. The number of carbonyl (C=O) groups excluding carboxylic acids is 1. The summed E-state index contributed by atoms with van der Waals surface area (Å²) in [5.41, 5.74) is 5.84. The maximum atomic E-state index is 10.6. The fourth-order valence-electron chi connectivity index (χ4n) is 6.84. The summed E-state index contributed by atoms with van der Waals surface area (Å²) in [6.45, 7) is 18.0. The Morgan fingerprint density at radius 2 is 2.08 bits per heavy atom. The van der Waals surface area contributed by atoms with Crippen LogP contribution >= 0.6 is 0 Å². The van der Waals surface area contributed by atoms with Gasteiger partial charge in [-0.15, -0.1) is 0 Å². The van der Waals surface area contributed by atoms with Crippen molar-refractivity contribution in [1.29, 1.82) is 0 Å². The lowest BCUT2D eigenvalue weighted by Crippen LogP contribution is -2.41. The summed E-state index contributed by atoms with van der Waals surface area (Å²) in [6.07, 6.45) is 23.4. The van der Waals surface area contributed by atoms with Gasteiger partial charge in [0.25, 0.3) is 0 Å². The van der Waals surface area contributed by atoms with Crippen LogP contribution in [0.3, 0.4) is 0 Å². The second-order valence-electron chi connectivity index (χ2n) is 13.8. The number of allylic oxidation sites excluding steroid dienone is 5. The van der Waals surface area contributed by atoms with Crippen LogP contribution < -0.4 is 26.2 Å². The number of anilines is 2. The predicted octanol–water partition coefficient (Wildman–Crippen LogP) is 5.52. The second-order valence-corrected chi connectivity index (χ2v) is 13.8. The van der Waals surface area contributed by atoms with Crippen LogP contribution in [0.4, 0.5) is 11.5 Å². The van der Waals surface area contributed by atoms with Crippen LogP contribution in [0.5, 0.6) is 0 Å². The van der Waals surface area contributed by atoms with Gasteiger partial charge in [-0.05, 0) is 101 Å². The molecule has 50 heavy (non-hydrogen) atoms. The van der Waals surface area contributed by atoms with E-state index < -0.39 is 0 Å². The average Bonchev–Trinajstić information content (AvgIpc) is 3.14. The van der Waals surface area contributed by atoms with Crippen molar-refractivity contribution in [3.8, 4) is 0 Å². The van der Waals surface area contributed by atoms with Crippen molar-refractivity contribution in [2.24, 2.45) is 21.8 Å². The number of piperidine rings is 1. The first-order valence-electron chi connectivity index (χ1n) is 18.6. The van der Waals surface area contributed by atoms with Gasteiger partial charge in [0, 0.05) is 69.7 Å². The van der Waals surface area contributed by atoms with Crippen LogP contribution in [-0.2, 0) is 4.79 Å². The van der Waals surface area contributed by atoms with E-state index in [1.54, 1.807) is 6.20 Å². The first-order valence-corrected chi connectivity index (χ1v) is 18.6.